The number of alkyl halides is 3. The molecule has 0 fully saturated rings. The number of H-pyrrole nitrogens is 1. The molecule has 1 aromatic heterocycles. The van der Waals surface area contributed by atoms with E-state index in [2.05, 4.69) is 15.6 Å². The van der Waals surface area contributed by atoms with E-state index in [0.29, 0.717) is 47.7 Å². The van der Waals surface area contributed by atoms with Crippen LogP contribution in [0.3, 0.4) is 0 Å². The highest BCUT2D eigenvalue weighted by molar-refractivity contribution is 6.00. The van der Waals surface area contributed by atoms with Crippen LogP contribution in [0.4, 0.5) is 13.2 Å². The largest absolute Gasteiger partial charge is 0.492 e. The lowest BCUT2D eigenvalue weighted by atomic mass is 9.87. The second kappa shape index (κ2) is 13.0. The number of likely N-dealkylation sites (N-methyl/N-ethyl adjacent to an activating group) is 1. The maximum absolute atomic E-state index is 13.9. The average Bonchev–Trinajstić information content (AvgIpc) is 3.41. The van der Waals surface area contributed by atoms with Crippen molar-refractivity contribution in [1.29, 1.82) is 0 Å². The Balaban J connectivity index is 1.61. The van der Waals surface area contributed by atoms with Gasteiger partial charge in [-0.25, -0.2) is 0 Å². The van der Waals surface area contributed by atoms with E-state index in [1.807, 2.05) is 30.5 Å². The summed E-state index contributed by atoms with van der Waals surface area (Å²) in [6.07, 6.45) is -0.466. The van der Waals surface area contributed by atoms with Crippen LogP contribution in [0.15, 0.2) is 97.2 Å². The molecule has 4 rings (SSSR count). The number of aromatic amines is 1. The normalized spacial score (nSPS) is 12.5. The summed E-state index contributed by atoms with van der Waals surface area (Å²) in [5, 5.41) is 6.57. The third-order valence-electron chi connectivity index (χ3n) is 6.11. The Morgan fingerprint density at radius 3 is 2.41 bits per heavy atom. The van der Waals surface area contributed by atoms with E-state index in [-0.39, 0.29) is 11.5 Å². The fourth-order valence-electron chi connectivity index (χ4n) is 4.29. The molecular formula is C31H30F3N3O2. The standard InChI is InChI=1S/C31H30F3N3O2/c1-35-29(38)8-5-16-36-18-19-39-26-12-9-23(10-13-26)30(25-11-14-28-24(20-25)15-17-37-28)27(21-31(32,33)34)22-6-3-2-4-7-22/h2-15,17,20,36-37H,16,18-19,21H2,1H3,(H,35,38)/b8-5+,30-27+. The minimum Gasteiger partial charge on any atom is -0.492 e. The number of benzene rings is 3. The molecule has 0 saturated carbocycles. The number of fused-ring (bicyclic) bond motifs is 1. The Hall–Kier alpha value is -4.30. The van der Waals surface area contributed by atoms with Crippen LogP contribution in [-0.2, 0) is 4.79 Å². The van der Waals surface area contributed by atoms with Gasteiger partial charge in [-0.3, -0.25) is 4.79 Å². The molecule has 0 saturated heterocycles. The van der Waals surface area contributed by atoms with Crippen LogP contribution in [0.25, 0.3) is 22.0 Å². The summed E-state index contributed by atoms with van der Waals surface area (Å²) < 4.78 is 47.4. The van der Waals surface area contributed by atoms with Crippen LogP contribution in [0, 0.1) is 0 Å². The highest BCUT2D eigenvalue weighted by Gasteiger charge is 2.31. The van der Waals surface area contributed by atoms with Crippen molar-refractivity contribution in [3.8, 4) is 5.75 Å². The highest BCUT2D eigenvalue weighted by Crippen LogP contribution is 2.40. The summed E-state index contributed by atoms with van der Waals surface area (Å²) in [5.41, 5.74) is 3.54. The lowest BCUT2D eigenvalue weighted by molar-refractivity contribution is -0.123. The first-order chi connectivity index (χ1) is 18.8. The predicted molar refractivity (Wildman–Crippen MR) is 149 cm³/mol. The molecule has 0 bridgehead atoms. The van der Waals surface area contributed by atoms with Crippen LogP contribution in [0.2, 0.25) is 0 Å². The van der Waals surface area contributed by atoms with Crippen molar-refractivity contribution in [3.63, 3.8) is 0 Å². The molecule has 0 unspecified atom stereocenters. The van der Waals surface area contributed by atoms with Gasteiger partial charge in [0.05, 0.1) is 6.42 Å². The van der Waals surface area contributed by atoms with Crippen molar-refractivity contribution in [2.24, 2.45) is 0 Å². The number of hydrogen-bond donors (Lipinski definition) is 3. The molecule has 39 heavy (non-hydrogen) atoms. The van der Waals surface area contributed by atoms with E-state index in [4.69, 9.17) is 4.74 Å². The molecule has 3 N–H and O–H groups in total. The number of halogens is 3. The van der Waals surface area contributed by atoms with Crippen molar-refractivity contribution in [2.75, 3.05) is 26.7 Å². The molecule has 202 valence electrons. The number of carbonyl (C=O) groups is 1. The smallest absolute Gasteiger partial charge is 0.393 e. The van der Waals surface area contributed by atoms with Crippen molar-refractivity contribution in [1.82, 2.24) is 15.6 Å². The first-order valence-electron chi connectivity index (χ1n) is 12.6. The third-order valence-corrected chi connectivity index (χ3v) is 6.11. The zero-order chi connectivity index (χ0) is 27.7. The van der Waals surface area contributed by atoms with Crippen molar-refractivity contribution >= 4 is 28.0 Å². The van der Waals surface area contributed by atoms with E-state index in [0.717, 1.165) is 10.9 Å². The summed E-state index contributed by atoms with van der Waals surface area (Å²) in [6, 6.07) is 23.4. The van der Waals surface area contributed by atoms with Gasteiger partial charge in [0, 0.05) is 37.9 Å². The minimum absolute atomic E-state index is 0.166. The molecule has 1 amide bonds. The molecule has 8 heteroatoms. The summed E-state index contributed by atoms with van der Waals surface area (Å²) in [6.45, 7) is 1.48. The maximum atomic E-state index is 13.9. The SMILES string of the molecule is CNC(=O)/C=C/CNCCOc1ccc(/C(=C(/CC(F)(F)F)c2ccccc2)c2ccc3[nH]ccc3c2)cc1. The summed E-state index contributed by atoms with van der Waals surface area (Å²) in [4.78, 5) is 14.3. The number of rotatable bonds is 11. The third kappa shape index (κ3) is 7.85. The van der Waals surface area contributed by atoms with Gasteiger partial charge in [0.1, 0.15) is 12.4 Å². The fourth-order valence-corrected chi connectivity index (χ4v) is 4.29. The molecule has 3 aromatic carbocycles. The number of allylic oxidation sites excluding steroid dienone is 1. The molecule has 0 atom stereocenters. The maximum Gasteiger partial charge on any atom is 0.393 e. The second-order valence-corrected chi connectivity index (χ2v) is 8.88. The Morgan fingerprint density at radius 2 is 1.69 bits per heavy atom. The van der Waals surface area contributed by atoms with E-state index < -0.39 is 12.6 Å². The highest BCUT2D eigenvalue weighted by atomic mass is 19.4. The van der Waals surface area contributed by atoms with Gasteiger partial charge in [-0.2, -0.15) is 13.2 Å². The van der Waals surface area contributed by atoms with Crippen LogP contribution in [-0.4, -0.2) is 43.8 Å². The summed E-state index contributed by atoms with van der Waals surface area (Å²) >= 11 is 0. The predicted octanol–water partition coefficient (Wildman–Crippen LogP) is 6.35. The minimum atomic E-state index is -4.39. The second-order valence-electron chi connectivity index (χ2n) is 8.88. The monoisotopic (exact) mass is 533 g/mol. The van der Waals surface area contributed by atoms with Gasteiger partial charge in [0.15, 0.2) is 0 Å². The molecule has 4 aromatic rings. The van der Waals surface area contributed by atoms with Gasteiger partial charge in [0.25, 0.3) is 0 Å². The first kappa shape index (κ1) is 27.7. The van der Waals surface area contributed by atoms with Crippen LogP contribution >= 0.6 is 0 Å². The van der Waals surface area contributed by atoms with Crippen LogP contribution < -0.4 is 15.4 Å². The van der Waals surface area contributed by atoms with E-state index in [9.17, 15) is 18.0 Å². The number of carbonyl (C=O) groups excluding carboxylic acids is 1. The van der Waals surface area contributed by atoms with Gasteiger partial charge < -0.3 is 20.4 Å². The number of hydrogen-bond acceptors (Lipinski definition) is 3. The van der Waals surface area contributed by atoms with Gasteiger partial charge in [-0.1, -0.05) is 54.6 Å². The topological polar surface area (TPSA) is 66.2 Å². The molecule has 5 nitrogen and oxygen atoms in total. The van der Waals surface area contributed by atoms with Gasteiger partial charge in [-0.15, -0.1) is 0 Å². The summed E-state index contributed by atoms with van der Waals surface area (Å²) in [7, 11) is 1.57. The number of amides is 1. The zero-order valence-corrected chi connectivity index (χ0v) is 21.5. The number of aromatic nitrogens is 1. The van der Waals surface area contributed by atoms with Gasteiger partial charge in [0.2, 0.25) is 5.91 Å². The molecule has 0 aliphatic rings. The summed E-state index contributed by atoms with van der Waals surface area (Å²) in [5.74, 6) is 0.444. The van der Waals surface area contributed by atoms with E-state index in [1.54, 1.807) is 67.7 Å². The van der Waals surface area contributed by atoms with Gasteiger partial charge in [-0.05, 0) is 63.6 Å². The quantitative estimate of drug-likeness (QED) is 0.120. The van der Waals surface area contributed by atoms with E-state index in [1.165, 1.54) is 6.08 Å². The lowest BCUT2D eigenvalue weighted by Crippen LogP contribution is -2.21. The van der Waals surface area contributed by atoms with Crippen LogP contribution in [0.1, 0.15) is 23.1 Å². The lowest BCUT2D eigenvalue weighted by Gasteiger charge is -2.19. The molecule has 1 heterocycles. The van der Waals surface area contributed by atoms with Crippen molar-refractivity contribution in [3.05, 3.63) is 114 Å². The van der Waals surface area contributed by atoms with Gasteiger partial charge >= 0.3 is 6.18 Å². The zero-order valence-electron chi connectivity index (χ0n) is 21.5. The molecular weight excluding hydrogens is 503 g/mol. The molecule has 0 aliphatic heterocycles. The Kier molecular flexibility index (Phi) is 9.22. The number of nitrogens with one attached hydrogen (secondary N) is 3. The fraction of sp³-hybridized carbons (Fsp3) is 0.194. The number of ether oxygens (including phenoxy) is 1. The first-order valence-corrected chi connectivity index (χ1v) is 12.6. The Morgan fingerprint density at radius 1 is 0.949 bits per heavy atom. The Labute approximate surface area is 225 Å². The van der Waals surface area contributed by atoms with Crippen molar-refractivity contribution in [2.45, 2.75) is 12.6 Å². The van der Waals surface area contributed by atoms with Crippen LogP contribution in [0.5, 0.6) is 5.75 Å². The molecule has 0 aliphatic carbocycles. The average molecular weight is 534 g/mol. The molecule has 0 radical (unpaired) electrons. The van der Waals surface area contributed by atoms with E-state index >= 15 is 0 Å². The molecule has 0 spiro atoms. The van der Waals surface area contributed by atoms with Crippen molar-refractivity contribution < 1.29 is 22.7 Å². The Bertz CT molecular complexity index is 1440.